The van der Waals surface area contributed by atoms with E-state index in [1.54, 1.807) is 6.07 Å². The lowest BCUT2D eigenvalue weighted by Gasteiger charge is -2.11. The van der Waals surface area contributed by atoms with Gasteiger partial charge in [0.05, 0.1) is 5.75 Å². The highest BCUT2D eigenvalue weighted by Gasteiger charge is 2.15. The maximum Gasteiger partial charge on any atom is 0.234 e. The molecule has 0 bridgehead atoms. The molecule has 0 aliphatic heterocycles. The zero-order valence-corrected chi connectivity index (χ0v) is 16.2. The molecule has 0 aliphatic carbocycles. The summed E-state index contributed by atoms with van der Waals surface area (Å²) < 4.78 is 3.86. The molecule has 1 aromatic carbocycles. The number of rotatable bonds is 7. The first-order chi connectivity index (χ1) is 12.6. The molecule has 2 aromatic heterocycles. The van der Waals surface area contributed by atoms with E-state index in [0.717, 1.165) is 29.9 Å². The summed E-state index contributed by atoms with van der Waals surface area (Å²) >= 11 is 7.45. The number of carbonyl (C=O) groups excluding carboxylic acids is 1. The zero-order chi connectivity index (χ0) is 18.5. The summed E-state index contributed by atoms with van der Waals surface area (Å²) in [6.07, 6.45) is 5.65. The molecule has 136 valence electrons. The summed E-state index contributed by atoms with van der Waals surface area (Å²) in [4.78, 5) is 12.3. The lowest BCUT2D eigenvalue weighted by molar-refractivity contribution is -0.113. The molecule has 0 spiro atoms. The summed E-state index contributed by atoms with van der Waals surface area (Å²) in [6.45, 7) is 3.98. The van der Waals surface area contributed by atoms with E-state index >= 15 is 0 Å². The number of nitrogens with zero attached hydrogens (tertiary/aromatic N) is 4. The third-order valence-corrected chi connectivity index (χ3v) is 5.17. The zero-order valence-electron chi connectivity index (χ0n) is 14.6. The van der Waals surface area contributed by atoms with Gasteiger partial charge in [-0.1, -0.05) is 36.4 Å². The standard InChI is InChI=1S/C18H20ClN5OS/c1-3-7-16-21-22-18(24(16)23-10-4-5-11-23)26-12-17(25)20-15-9-6-8-14(19)13(15)2/h4-6,8-11H,3,7,12H2,1-2H3,(H,20,25). The Morgan fingerprint density at radius 3 is 2.73 bits per heavy atom. The maximum atomic E-state index is 12.3. The Morgan fingerprint density at radius 1 is 1.23 bits per heavy atom. The van der Waals surface area contributed by atoms with Crippen LogP contribution >= 0.6 is 23.4 Å². The molecular weight excluding hydrogens is 370 g/mol. The lowest BCUT2D eigenvalue weighted by atomic mass is 10.2. The fourth-order valence-corrected chi connectivity index (χ4v) is 3.44. The van der Waals surface area contributed by atoms with Crippen LogP contribution in [0.25, 0.3) is 0 Å². The summed E-state index contributed by atoms with van der Waals surface area (Å²) in [5.41, 5.74) is 1.58. The number of hydrogen-bond acceptors (Lipinski definition) is 4. The second-order valence-corrected chi connectivity index (χ2v) is 7.12. The summed E-state index contributed by atoms with van der Waals surface area (Å²) in [6, 6.07) is 9.34. The Bertz CT molecular complexity index is 891. The van der Waals surface area contributed by atoms with Crippen LogP contribution in [0.5, 0.6) is 0 Å². The first kappa shape index (κ1) is 18.5. The molecule has 3 rings (SSSR count). The van der Waals surface area contributed by atoms with Crippen LogP contribution in [0.2, 0.25) is 5.02 Å². The highest BCUT2D eigenvalue weighted by atomic mass is 35.5. The van der Waals surface area contributed by atoms with Gasteiger partial charge in [-0.15, -0.1) is 10.2 Å². The van der Waals surface area contributed by atoms with Crippen LogP contribution in [-0.4, -0.2) is 31.2 Å². The Balaban J connectivity index is 1.71. The largest absolute Gasteiger partial charge is 0.325 e. The number of nitrogens with one attached hydrogen (secondary N) is 1. The van der Waals surface area contributed by atoms with Crippen molar-refractivity contribution in [2.75, 3.05) is 11.1 Å². The van der Waals surface area contributed by atoms with Gasteiger partial charge in [0.2, 0.25) is 11.1 Å². The highest BCUT2D eigenvalue weighted by molar-refractivity contribution is 7.99. The van der Waals surface area contributed by atoms with E-state index < -0.39 is 0 Å². The minimum atomic E-state index is -0.112. The summed E-state index contributed by atoms with van der Waals surface area (Å²) in [5, 5.41) is 12.7. The number of thioether (sulfide) groups is 1. The molecule has 0 aliphatic rings. The predicted molar refractivity (Wildman–Crippen MR) is 105 cm³/mol. The van der Waals surface area contributed by atoms with Crippen LogP contribution in [0.4, 0.5) is 5.69 Å². The molecule has 0 fully saturated rings. The molecule has 0 saturated carbocycles. The Kier molecular flexibility index (Phi) is 6.00. The van der Waals surface area contributed by atoms with E-state index in [1.165, 1.54) is 11.8 Å². The summed E-state index contributed by atoms with van der Waals surface area (Å²) in [7, 11) is 0. The molecule has 2 heterocycles. The van der Waals surface area contributed by atoms with E-state index in [1.807, 2.05) is 52.9 Å². The monoisotopic (exact) mass is 389 g/mol. The number of aromatic nitrogens is 4. The van der Waals surface area contributed by atoms with Gasteiger partial charge >= 0.3 is 0 Å². The molecule has 1 amide bonds. The van der Waals surface area contributed by atoms with Crippen LogP contribution in [-0.2, 0) is 11.2 Å². The van der Waals surface area contributed by atoms with Gasteiger partial charge in [-0.2, -0.15) is 0 Å². The lowest BCUT2D eigenvalue weighted by Crippen LogP contribution is -2.17. The van der Waals surface area contributed by atoms with Crippen LogP contribution in [0, 0.1) is 6.92 Å². The second kappa shape index (κ2) is 8.42. The van der Waals surface area contributed by atoms with Gasteiger partial charge in [0.25, 0.3) is 0 Å². The maximum absolute atomic E-state index is 12.3. The summed E-state index contributed by atoms with van der Waals surface area (Å²) in [5.74, 6) is 0.994. The average Bonchev–Trinajstić information content (AvgIpc) is 3.27. The number of aryl methyl sites for hydroxylation is 1. The van der Waals surface area contributed by atoms with Crippen molar-refractivity contribution in [3.8, 4) is 0 Å². The molecular formula is C18H20ClN5OS. The molecule has 8 heteroatoms. The fourth-order valence-electron chi connectivity index (χ4n) is 2.52. The van der Waals surface area contributed by atoms with Crippen LogP contribution in [0.1, 0.15) is 24.7 Å². The van der Waals surface area contributed by atoms with Crippen LogP contribution in [0.15, 0.2) is 47.9 Å². The van der Waals surface area contributed by atoms with Gasteiger partial charge in [0, 0.05) is 29.5 Å². The first-order valence-corrected chi connectivity index (χ1v) is 9.72. The van der Waals surface area contributed by atoms with Gasteiger partial charge in [-0.25, -0.2) is 4.68 Å². The average molecular weight is 390 g/mol. The van der Waals surface area contributed by atoms with Crippen molar-refractivity contribution in [1.29, 1.82) is 0 Å². The Hall–Kier alpha value is -2.25. The van der Waals surface area contributed by atoms with Gasteiger partial charge in [-0.3, -0.25) is 9.47 Å². The van der Waals surface area contributed by atoms with Crippen LogP contribution < -0.4 is 5.32 Å². The van der Waals surface area contributed by atoms with Gasteiger partial charge in [-0.05, 0) is 43.2 Å². The third-order valence-electron chi connectivity index (χ3n) is 3.84. The number of hydrogen-bond donors (Lipinski definition) is 1. The van der Waals surface area contributed by atoms with E-state index in [-0.39, 0.29) is 11.7 Å². The van der Waals surface area contributed by atoms with E-state index in [4.69, 9.17) is 11.6 Å². The van der Waals surface area contributed by atoms with E-state index in [9.17, 15) is 4.79 Å². The first-order valence-electron chi connectivity index (χ1n) is 8.35. The van der Waals surface area contributed by atoms with Crippen molar-refractivity contribution in [1.82, 2.24) is 19.5 Å². The van der Waals surface area contributed by atoms with Crippen molar-refractivity contribution >= 4 is 35.0 Å². The topological polar surface area (TPSA) is 64.7 Å². The molecule has 26 heavy (non-hydrogen) atoms. The van der Waals surface area contributed by atoms with Crippen molar-refractivity contribution in [2.45, 2.75) is 31.8 Å². The third kappa shape index (κ3) is 4.11. The van der Waals surface area contributed by atoms with Crippen molar-refractivity contribution < 1.29 is 4.79 Å². The highest BCUT2D eigenvalue weighted by Crippen LogP contribution is 2.24. The minimum Gasteiger partial charge on any atom is -0.325 e. The number of anilines is 1. The molecule has 1 N–H and O–H groups in total. The van der Waals surface area contributed by atoms with Gasteiger partial charge < -0.3 is 5.32 Å². The molecule has 0 unspecified atom stereocenters. The van der Waals surface area contributed by atoms with Crippen LogP contribution in [0.3, 0.4) is 0 Å². The minimum absolute atomic E-state index is 0.112. The molecule has 0 saturated heterocycles. The van der Waals surface area contributed by atoms with E-state index in [2.05, 4.69) is 22.4 Å². The molecule has 3 aromatic rings. The normalized spacial score (nSPS) is 10.9. The molecule has 0 atom stereocenters. The van der Waals surface area contributed by atoms with Crippen molar-refractivity contribution in [3.63, 3.8) is 0 Å². The molecule has 0 radical (unpaired) electrons. The number of amides is 1. The number of benzene rings is 1. The van der Waals surface area contributed by atoms with Gasteiger partial charge in [0.15, 0.2) is 5.82 Å². The Morgan fingerprint density at radius 2 is 2.00 bits per heavy atom. The van der Waals surface area contributed by atoms with E-state index in [0.29, 0.717) is 10.2 Å². The molecule has 6 nitrogen and oxygen atoms in total. The predicted octanol–water partition coefficient (Wildman–Crippen LogP) is 4.04. The quantitative estimate of drug-likeness (QED) is 0.619. The smallest absolute Gasteiger partial charge is 0.234 e. The second-order valence-electron chi connectivity index (χ2n) is 5.77. The SMILES string of the molecule is CCCc1nnc(SCC(=O)Nc2cccc(Cl)c2C)n1-n1cccc1. The fraction of sp³-hybridized carbons (Fsp3) is 0.278. The number of carbonyl (C=O) groups is 1. The van der Waals surface area contributed by atoms with Crippen molar-refractivity contribution in [3.05, 3.63) is 59.1 Å². The van der Waals surface area contributed by atoms with Gasteiger partial charge in [0.1, 0.15) is 0 Å². The number of halogens is 1. The van der Waals surface area contributed by atoms with Crippen molar-refractivity contribution in [2.24, 2.45) is 0 Å². The Labute approximate surface area is 161 Å².